The maximum Gasteiger partial charge on any atom is 0.337 e. The van der Waals surface area contributed by atoms with E-state index in [9.17, 15) is 4.79 Å². The number of imidazole rings is 1. The molecule has 152 valence electrons. The van der Waals surface area contributed by atoms with Gasteiger partial charge >= 0.3 is 5.97 Å². The summed E-state index contributed by atoms with van der Waals surface area (Å²) in [6, 6.07) is 15.9. The number of halogens is 4. The summed E-state index contributed by atoms with van der Waals surface area (Å²) in [7, 11) is 1.34. The van der Waals surface area contributed by atoms with Crippen molar-refractivity contribution in [2.45, 2.75) is 6.54 Å². The SMILES string of the molecule is COC(=O)c1ccc2c(c1)nc(-c1ccc(Cl)c(Cl)c1)n2Cc1ccc(Cl)cc1Cl. The molecule has 0 aliphatic carbocycles. The fraction of sp³-hybridized carbons (Fsp3) is 0.0909. The first kappa shape index (κ1) is 21.0. The Kier molecular flexibility index (Phi) is 5.94. The number of ether oxygens (including phenoxy) is 1. The third kappa shape index (κ3) is 4.01. The maximum atomic E-state index is 11.9. The van der Waals surface area contributed by atoms with Gasteiger partial charge < -0.3 is 9.30 Å². The molecular weight excluding hydrogens is 466 g/mol. The van der Waals surface area contributed by atoms with Crippen LogP contribution in [-0.4, -0.2) is 22.6 Å². The van der Waals surface area contributed by atoms with Gasteiger partial charge in [0.05, 0.1) is 40.3 Å². The lowest BCUT2D eigenvalue weighted by Crippen LogP contribution is -2.04. The van der Waals surface area contributed by atoms with E-state index < -0.39 is 5.97 Å². The Balaban J connectivity index is 1.92. The number of benzene rings is 3. The standard InChI is InChI=1S/C22H14Cl4N2O2/c1-30-22(29)13-4-7-20-19(9-13)27-21(12-3-6-16(24)18(26)8-12)28(20)11-14-2-5-15(23)10-17(14)25/h2-10H,11H2,1H3. The Bertz CT molecular complexity index is 1280. The lowest BCUT2D eigenvalue weighted by Gasteiger charge is -2.12. The summed E-state index contributed by atoms with van der Waals surface area (Å²) in [6.07, 6.45) is 0. The quantitative estimate of drug-likeness (QED) is 0.292. The van der Waals surface area contributed by atoms with Crippen LogP contribution in [0.2, 0.25) is 20.1 Å². The molecule has 4 nitrogen and oxygen atoms in total. The van der Waals surface area contributed by atoms with E-state index in [2.05, 4.69) is 0 Å². The Morgan fingerprint density at radius 1 is 0.933 bits per heavy atom. The van der Waals surface area contributed by atoms with Gasteiger partial charge in [-0.15, -0.1) is 0 Å². The van der Waals surface area contributed by atoms with Crippen LogP contribution in [0.5, 0.6) is 0 Å². The van der Waals surface area contributed by atoms with Crippen molar-refractivity contribution in [2.24, 2.45) is 0 Å². The highest BCUT2D eigenvalue weighted by molar-refractivity contribution is 6.42. The molecule has 0 bridgehead atoms. The minimum absolute atomic E-state index is 0.417. The summed E-state index contributed by atoms with van der Waals surface area (Å²) in [4.78, 5) is 16.7. The van der Waals surface area contributed by atoms with Crippen LogP contribution < -0.4 is 0 Å². The summed E-state index contributed by atoms with van der Waals surface area (Å²) in [5.41, 5.74) is 3.54. The van der Waals surface area contributed by atoms with Crippen LogP contribution in [0.15, 0.2) is 54.6 Å². The molecule has 1 heterocycles. The fourth-order valence-electron chi connectivity index (χ4n) is 3.21. The van der Waals surface area contributed by atoms with Crippen LogP contribution in [0.25, 0.3) is 22.4 Å². The summed E-state index contributed by atoms with van der Waals surface area (Å²) in [5.74, 6) is 0.236. The first-order valence-corrected chi connectivity index (χ1v) is 10.4. The van der Waals surface area contributed by atoms with Gasteiger partial charge in [0.25, 0.3) is 0 Å². The van der Waals surface area contributed by atoms with Crippen LogP contribution in [0.3, 0.4) is 0 Å². The molecule has 0 radical (unpaired) electrons. The van der Waals surface area contributed by atoms with Gasteiger partial charge in [-0.1, -0.05) is 52.5 Å². The van der Waals surface area contributed by atoms with Gasteiger partial charge in [0.15, 0.2) is 0 Å². The predicted molar refractivity (Wildman–Crippen MR) is 122 cm³/mol. The number of hydrogen-bond acceptors (Lipinski definition) is 3. The molecule has 0 amide bonds. The number of nitrogens with zero attached hydrogens (tertiary/aromatic N) is 2. The van der Waals surface area contributed by atoms with Gasteiger partial charge in [0, 0.05) is 15.6 Å². The largest absolute Gasteiger partial charge is 0.465 e. The topological polar surface area (TPSA) is 44.1 Å². The van der Waals surface area contributed by atoms with Crippen molar-refractivity contribution >= 4 is 63.4 Å². The average molecular weight is 480 g/mol. The van der Waals surface area contributed by atoms with Crippen molar-refractivity contribution in [1.29, 1.82) is 0 Å². The molecule has 3 aromatic carbocycles. The zero-order valence-electron chi connectivity index (χ0n) is 15.6. The highest BCUT2D eigenvalue weighted by Crippen LogP contribution is 2.32. The second-order valence-electron chi connectivity index (χ2n) is 6.58. The number of fused-ring (bicyclic) bond motifs is 1. The molecule has 0 spiro atoms. The zero-order chi connectivity index (χ0) is 21.4. The van der Waals surface area contributed by atoms with E-state index >= 15 is 0 Å². The van der Waals surface area contributed by atoms with Crippen molar-refractivity contribution in [3.63, 3.8) is 0 Å². The maximum absolute atomic E-state index is 11.9. The number of rotatable bonds is 4. The minimum atomic E-state index is -0.428. The Labute approximate surface area is 192 Å². The first-order valence-electron chi connectivity index (χ1n) is 8.85. The predicted octanol–water partition coefficient (Wildman–Crippen LogP) is 7.15. The van der Waals surface area contributed by atoms with Crippen molar-refractivity contribution in [2.75, 3.05) is 7.11 Å². The molecule has 0 atom stereocenters. The van der Waals surface area contributed by atoms with E-state index in [1.54, 1.807) is 36.4 Å². The van der Waals surface area contributed by atoms with Gasteiger partial charge in [0.2, 0.25) is 0 Å². The highest BCUT2D eigenvalue weighted by atomic mass is 35.5. The molecule has 0 aliphatic heterocycles. The average Bonchev–Trinajstić information content (AvgIpc) is 3.09. The monoisotopic (exact) mass is 478 g/mol. The molecule has 8 heteroatoms. The van der Waals surface area contributed by atoms with Crippen LogP contribution >= 0.6 is 46.4 Å². The molecule has 0 saturated carbocycles. The molecular formula is C22H14Cl4N2O2. The molecule has 0 N–H and O–H groups in total. The van der Waals surface area contributed by atoms with Gasteiger partial charge in [-0.25, -0.2) is 9.78 Å². The number of carbonyl (C=O) groups excluding carboxylic acids is 1. The Morgan fingerprint density at radius 2 is 1.73 bits per heavy atom. The number of carbonyl (C=O) groups is 1. The molecule has 30 heavy (non-hydrogen) atoms. The zero-order valence-corrected chi connectivity index (χ0v) is 18.6. The number of aromatic nitrogens is 2. The number of esters is 1. The van der Waals surface area contributed by atoms with Crippen molar-refractivity contribution in [3.05, 3.63) is 85.8 Å². The van der Waals surface area contributed by atoms with E-state index in [0.717, 1.165) is 16.6 Å². The van der Waals surface area contributed by atoms with Crippen LogP contribution in [0, 0.1) is 0 Å². The Morgan fingerprint density at radius 3 is 2.43 bits per heavy atom. The van der Waals surface area contributed by atoms with Gasteiger partial charge in [-0.05, 0) is 54.1 Å². The van der Waals surface area contributed by atoms with Crippen LogP contribution in [0.1, 0.15) is 15.9 Å². The summed E-state index contributed by atoms with van der Waals surface area (Å²) < 4.78 is 6.83. The van der Waals surface area contributed by atoms with E-state index in [0.29, 0.717) is 43.5 Å². The van der Waals surface area contributed by atoms with E-state index in [1.165, 1.54) is 7.11 Å². The Hall–Kier alpha value is -2.24. The van der Waals surface area contributed by atoms with E-state index in [-0.39, 0.29) is 0 Å². The van der Waals surface area contributed by atoms with Gasteiger partial charge in [-0.2, -0.15) is 0 Å². The molecule has 0 fully saturated rings. The molecule has 0 aliphatic rings. The normalized spacial score (nSPS) is 11.1. The third-order valence-electron chi connectivity index (χ3n) is 4.69. The first-order chi connectivity index (χ1) is 14.4. The number of hydrogen-bond donors (Lipinski definition) is 0. The van der Waals surface area contributed by atoms with Crippen molar-refractivity contribution in [1.82, 2.24) is 9.55 Å². The molecule has 4 aromatic rings. The van der Waals surface area contributed by atoms with Crippen LogP contribution in [0.4, 0.5) is 0 Å². The molecule has 4 rings (SSSR count). The van der Waals surface area contributed by atoms with Crippen molar-refractivity contribution in [3.8, 4) is 11.4 Å². The summed E-state index contributed by atoms with van der Waals surface area (Å²) in [5, 5.41) is 1.99. The summed E-state index contributed by atoms with van der Waals surface area (Å²) in [6.45, 7) is 0.444. The van der Waals surface area contributed by atoms with E-state index in [4.69, 9.17) is 56.1 Å². The third-order valence-corrected chi connectivity index (χ3v) is 6.02. The lowest BCUT2D eigenvalue weighted by molar-refractivity contribution is 0.0601. The fourth-order valence-corrected chi connectivity index (χ4v) is 3.98. The second-order valence-corrected chi connectivity index (χ2v) is 8.24. The lowest BCUT2D eigenvalue weighted by atomic mass is 10.1. The molecule has 0 saturated heterocycles. The second kappa shape index (κ2) is 8.48. The van der Waals surface area contributed by atoms with Crippen molar-refractivity contribution < 1.29 is 9.53 Å². The minimum Gasteiger partial charge on any atom is -0.465 e. The van der Waals surface area contributed by atoms with Crippen LogP contribution in [-0.2, 0) is 11.3 Å². The highest BCUT2D eigenvalue weighted by Gasteiger charge is 2.17. The van der Waals surface area contributed by atoms with E-state index in [1.807, 2.05) is 22.8 Å². The molecule has 0 unspecified atom stereocenters. The van der Waals surface area contributed by atoms with Gasteiger partial charge in [-0.3, -0.25) is 0 Å². The number of methoxy groups -OCH3 is 1. The van der Waals surface area contributed by atoms with Gasteiger partial charge in [0.1, 0.15) is 5.82 Å². The summed E-state index contributed by atoms with van der Waals surface area (Å²) >= 11 is 24.8. The smallest absolute Gasteiger partial charge is 0.337 e. The molecule has 1 aromatic heterocycles.